The average molecular weight is 412 g/mol. The van der Waals surface area contributed by atoms with E-state index in [1.165, 1.54) is 0 Å². The quantitative estimate of drug-likeness (QED) is 0.840. The van der Waals surface area contributed by atoms with E-state index in [0.717, 1.165) is 47.8 Å². The van der Waals surface area contributed by atoms with Crippen molar-refractivity contribution in [1.82, 2.24) is 14.9 Å². The average Bonchev–Trinajstić information content (AvgIpc) is 3.05. The summed E-state index contributed by atoms with van der Waals surface area (Å²) in [6.45, 7) is 8.15. The molecule has 4 rings (SSSR count). The first-order chi connectivity index (χ1) is 14.2. The van der Waals surface area contributed by atoms with Gasteiger partial charge in [-0.25, -0.2) is 0 Å². The van der Waals surface area contributed by atoms with Crippen LogP contribution in [0.15, 0.2) is 23.1 Å². The maximum Gasteiger partial charge on any atom is 0.254 e. The summed E-state index contributed by atoms with van der Waals surface area (Å²) in [7, 11) is 1.84. The van der Waals surface area contributed by atoms with Crippen molar-refractivity contribution in [2.45, 2.75) is 77.5 Å². The molecule has 2 aromatic rings. The predicted molar refractivity (Wildman–Crippen MR) is 118 cm³/mol. The molecule has 1 saturated carbocycles. The van der Waals surface area contributed by atoms with Crippen molar-refractivity contribution < 1.29 is 9.53 Å². The van der Waals surface area contributed by atoms with Crippen molar-refractivity contribution in [3.8, 4) is 0 Å². The van der Waals surface area contributed by atoms with Crippen molar-refractivity contribution in [2.24, 2.45) is 18.9 Å². The molecule has 1 saturated heterocycles. The molecule has 162 valence electrons. The number of aryl methyl sites for hydroxylation is 2. The lowest BCUT2D eigenvalue weighted by atomic mass is 9.74. The van der Waals surface area contributed by atoms with Gasteiger partial charge in [0.15, 0.2) is 0 Å². The highest BCUT2D eigenvalue weighted by atomic mass is 16.5. The first kappa shape index (κ1) is 21.0. The Kier molecular flexibility index (Phi) is 5.71. The maximum absolute atomic E-state index is 13.2. The van der Waals surface area contributed by atoms with Crippen molar-refractivity contribution in [1.29, 1.82) is 0 Å². The summed E-state index contributed by atoms with van der Waals surface area (Å²) < 4.78 is 7.50. The molecule has 2 aliphatic rings. The Morgan fingerprint density at radius 1 is 1.20 bits per heavy atom. The Labute approximate surface area is 178 Å². The van der Waals surface area contributed by atoms with Gasteiger partial charge in [0.05, 0.1) is 23.6 Å². The Hall–Kier alpha value is -2.21. The van der Waals surface area contributed by atoms with Crippen LogP contribution in [0.4, 0.5) is 0 Å². The number of nitrogens with zero attached hydrogens (tertiary/aromatic N) is 2. The van der Waals surface area contributed by atoms with E-state index in [1.807, 2.05) is 46.1 Å². The van der Waals surface area contributed by atoms with Crippen molar-refractivity contribution in [3.05, 3.63) is 39.9 Å². The molecule has 0 radical (unpaired) electrons. The van der Waals surface area contributed by atoms with Gasteiger partial charge in [-0.05, 0) is 70.4 Å². The molecular weight excluding hydrogens is 378 g/mol. The molecule has 3 heterocycles. The van der Waals surface area contributed by atoms with Crippen LogP contribution in [-0.2, 0) is 16.6 Å². The minimum Gasteiger partial charge on any atom is -0.375 e. The van der Waals surface area contributed by atoms with Gasteiger partial charge in [-0.15, -0.1) is 0 Å². The van der Waals surface area contributed by atoms with Crippen LogP contribution in [0.3, 0.4) is 0 Å². The number of pyridine rings is 2. The molecule has 1 N–H and O–H groups in total. The fourth-order valence-electron chi connectivity index (χ4n) is 5.34. The van der Waals surface area contributed by atoms with E-state index < -0.39 is 0 Å². The highest BCUT2D eigenvalue weighted by Crippen LogP contribution is 2.37. The van der Waals surface area contributed by atoms with Gasteiger partial charge in [0.2, 0.25) is 5.91 Å². The molecule has 0 bridgehead atoms. The molecule has 0 aromatic carbocycles. The maximum atomic E-state index is 13.2. The number of rotatable bonds is 3. The topological polar surface area (TPSA) is 73.2 Å². The second kappa shape index (κ2) is 8.14. The highest BCUT2D eigenvalue weighted by Gasteiger charge is 2.37. The lowest BCUT2D eigenvalue weighted by Crippen LogP contribution is -2.44. The van der Waals surface area contributed by atoms with E-state index in [0.29, 0.717) is 5.92 Å². The Morgan fingerprint density at radius 2 is 1.97 bits per heavy atom. The highest BCUT2D eigenvalue weighted by molar-refractivity contribution is 5.80. The van der Waals surface area contributed by atoms with E-state index in [2.05, 4.69) is 17.2 Å². The summed E-state index contributed by atoms with van der Waals surface area (Å²) in [5.41, 5.74) is 2.71. The van der Waals surface area contributed by atoms with Crippen LogP contribution in [0.2, 0.25) is 0 Å². The third-order valence-electron chi connectivity index (χ3n) is 7.15. The molecule has 6 atom stereocenters. The number of hydrogen-bond donors (Lipinski definition) is 1. The number of ether oxygens (including phenoxy) is 1. The summed E-state index contributed by atoms with van der Waals surface area (Å²) in [5, 5.41) is 4.26. The van der Waals surface area contributed by atoms with Crippen LogP contribution in [0, 0.1) is 18.8 Å². The zero-order valence-electron chi connectivity index (χ0n) is 18.6. The van der Waals surface area contributed by atoms with Gasteiger partial charge in [0.25, 0.3) is 5.56 Å². The monoisotopic (exact) mass is 411 g/mol. The normalized spacial score (nSPS) is 31.8. The molecule has 6 unspecified atom stereocenters. The molecule has 6 nitrogen and oxygen atoms in total. The van der Waals surface area contributed by atoms with Crippen LogP contribution < -0.4 is 10.9 Å². The van der Waals surface area contributed by atoms with Crippen LogP contribution in [-0.4, -0.2) is 33.7 Å². The van der Waals surface area contributed by atoms with Gasteiger partial charge >= 0.3 is 0 Å². The number of nitrogens with one attached hydrogen (secondary N) is 1. The predicted octanol–water partition coefficient (Wildman–Crippen LogP) is 3.44. The van der Waals surface area contributed by atoms with E-state index in [9.17, 15) is 9.59 Å². The van der Waals surface area contributed by atoms with Crippen LogP contribution in [0.25, 0.3) is 10.9 Å². The number of carbonyl (C=O) groups is 1. The van der Waals surface area contributed by atoms with Crippen LogP contribution in [0.1, 0.15) is 63.6 Å². The van der Waals surface area contributed by atoms with Crippen LogP contribution in [0.5, 0.6) is 0 Å². The van der Waals surface area contributed by atoms with E-state index >= 15 is 0 Å². The van der Waals surface area contributed by atoms with E-state index in [1.54, 1.807) is 4.57 Å². The first-order valence-corrected chi connectivity index (χ1v) is 11.2. The van der Waals surface area contributed by atoms with Crippen molar-refractivity contribution in [3.63, 3.8) is 0 Å². The van der Waals surface area contributed by atoms with Gasteiger partial charge < -0.3 is 14.6 Å². The zero-order valence-corrected chi connectivity index (χ0v) is 18.6. The van der Waals surface area contributed by atoms with Gasteiger partial charge in [-0.2, -0.15) is 0 Å². The molecular formula is C24H33N3O3. The molecule has 1 amide bonds. The molecule has 2 aromatic heterocycles. The standard InChI is InChI=1S/C24H33N3O3/c1-13-6-7-18(26-23(28)20-9-15(3)30-16(20)4)11-19(13)21-10-17-12-25-14(2)8-22(17)27(5)24(21)29/h8,10,12-13,15-16,18-20H,6-7,9,11H2,1-5H3,(H,26,28). The summed E-state index contributed by atoms with van der Waals surface area (Å²) in [5.74, 6) is 0.539. The molecule has 1 aliphatic carbocycles. The van der Waals surface area contributed by atoms with Gasteiger partial charge in [0, 0.05) is 35.9 Å². The van der Waals surface area contributed by atoms with Gasteiger partial charge in [-0.3, -0.25) is 14.6 Å². The number of aromatic nitrogens is 2. The van der Waals surface area contributed by atoms with Crippen molar-refractivity contribution in [2.75, 3.05) is 0 Å². The molecule has 2 fully saturated rings. The summed E-state index contributed by atoms with van der Waals surface area (Å²) in [6, 6.07) is 4.07. The summed E-state index contributed by atoms with van der Waals surface area (Å²) >= 11 is 0. The number of fused-ring (bicyclic) bond motifs is 1. The van der Waals surface area contributed by atoms with Crippen LogP contribution >= 0.6 is 0 Å². The third-order valence-corrected chi connectivity index (χ3v) is 7.15. The minimum absolute atomic E-state index is 0.0398. The Balaban J connectivity index is 1.57. The smallest absolute Gasteiger partial charge is 0.254 e. The lowest BCUT2D eigenvalue weighted by molar-refractivity contribution is -0.127. The fraction of sp³-hybridized carbons (Fsp3) is 0.625. The lowest BCUT2D eigenvalue weighted by Gasteiger charge is -2.35. The Bertz CT molecular complexity index is 1010. The van der Waals surface area contributed by atoms with E-state index in [4.69, 9.17) is 4.74 Å². The largest absolute Gasteiger partial charge is 0.375 e. The third kappa shape index (κ3) is 3.89. The number of hydrogen-bond acceptors (Lipinski definition) is 4. The SMILES string of the molecule is Cc1cc2c(cn1)cc(C1CC(NC(=O)C3CC(C)OC3C)CCC1C)c(=O)n2C. The molecule has 0 spiro atoms. The molecule has 1 aliphatic heterocycles. The fourth-order valence-corrected chi connectivity index (χ4v) is 5.34. The summed E-state index contributed by atoms with van der Waals surface area (Å²) in [6.07, 6.45) is 5.46. The molecule has 6 heteroatoms. The second-order valence-electron chi connectivity index (χ2n) is 9.44. The van der Waals surface area contributed by atoms with Gasteiger partial charge in [-0.1, -0.05) is 6.92 Å². The van der Waals surface area contributed by atoms with Crippen molar-refractivity contribution >= 4 is 16.8 Å². The number of amides is 1. The first-order valence-electron chi connectivity index (χ1n) is 11.2. The zero-order chi connectivity index (χ0) is 21.6. The summed E-state index contributed by atoms with van der Waals surface area (Å²) in [4.78, 5) is 30.5. The number of carbonyl (C=O) groups excluding carboxylic acids is 1. The Morgan fingerprint density at radius 3 is 2.67 bits per heavy atom. The van der Waals surface area contributed by atoms with Gasteiger partial charge in [0.1, 0.15) is 0 Å². The molecule has 30 heavy (non-hydrogen) atoms. The van der Waals surface area contributed by atoms with E-state index in [-0.39, 0.29) is 41.6 Å². The minimum atomic E-state index is -0.0827. The second-order valence-corrected chi connectivity index (χ2v) is 9.44.